The van der Waals surface area contributed by atoms with Gasteiger partial charge in [0.05, 0.1) is 4.92 Å². The van der Waals surface area contributed by atoms with Crippen LogP contribution < -0.4 is 0 Å². The van der Waals surface area contributed by atoms with Gasteiger partial charge in [0.1, 0.15) is 0 Å². The Labute approximate surface area is 121 Å². The van der Waals surface area contributed by atoms with Crippen molar-refractivity contribution in [2.45, 2.75) is 44.4 Å². The molecular weight excluding hydrogens is 301 g/mol. The fraction of sp³-hybridized carbons (Fsp3) is 0.500. The second kappa shape index (κ2) is 6.28. The molecule has 0 spiro atoms. The van der Waals surface area contributed by atoms with Crippen LogP contribution in [-0.2, 0) is 10.9 Å². The molecule has 112 valence electrons. The van der Waals surface area contributed by atoms with E-state index in [2.05, 4.69) is 0 Å². The highest BCUT2D eigenvalue weighted by Crippen LogP contribution is 2.40. The first-order valence-electron chi connectivity index (χ1n) is 6.12. The zero-order valence-electron chi connectivity index (χ0n) is 11.8. The average Bonchev–Trinajstić information content (AvgIpc) is 2.24. The van der Waals surface area contributed by atoms with Crippen molar-refractivity contribution in [2.75, 3.05) is 0 Å². The molecule has 20 heavy (non-hydrogen) atoms. The maximum atomic E-state index is 11.2. The lowest BCUT2D eigenvalue weighted by molar-refractivity contribution is -0.385. The van der Waals surface area contributed by atoms with E-state index in [1.807, 2.05) is 27.7 Å². The maximum absolute atomic E-state index is 11.2. The molecular formula is C12H19NO5PS+. The highest BCUT2D eigenvalue weighted by atomic mass is 32.5. The van der Waals surface area contributed by atoms with Crippen LogP contribution in [0.25, 0.3) is 0 Å². The van der Waals surface area contributed by atoms with Gasteiger partial charge < -0.3 is 0 Å². The normalized spacial score (nSPS) is 12.1. The van der Waals surface area contributed by atoms with E-state index in [9.17, 15) is 24.8 Å². The summed E-state index contributed by atoms with van der Waals surface area (Å²) in [6.45, 7) is 3.40. The van der Waals surface area contributed by atoms with Gasteiger partial charge in [-0.3, -0.25) is 24.8 Å². The molecule has 1 rings (SSSR count). The Kier molecular flexibility index (Phi) is 5.40. The van der Waals surface area contributed by atoms with Crippen LogP contribution in [0.1, 0.15) is 50.7 Å². The minimum absolute atomic E-state index is 0.0193. The molecule has 0 aliphatic carbocycles. The van der Waals surface area contributed by atoms with Crippen LogP contribution in [0, 0.1) is 10.1 Å². The van der Waals surface area contributed by atoms with Gasteiger partial charge in [0, 0.05) is 23.3 Å². The fourth-order valence-corrected chi connectivity index (χ4v) is 4.28. The smallest absolute Gasteiger partial charge is 0.289 e. The first kappa shape index (κ1) is 17.2. The highest BCUT2D eigenvalue weighted by Gasteiger charge is 2.31. The zero-order valence-corrected chi connectivity index (χ0v) is 13.5. The molecule has 0 radical (unpaired) electrons. The van der Waals surface area contributed by atoms with Crippen LogP contribution in [0.15, 0.2) is 17.0 Å². The first-order valence-corrected chi connectivity index (χ1v) is 9.19. The highest BCUT2D eigenvalue weighted by molar-refractivity contribution is 8.16. The molecule has 0 bridgehead atoms. The lowest BCUT2D eigenvalue weighted by atomic mass is 9.89. The van der Waals surface area contributed by atoms with E-state index in [1.165, 1.54) is 12.1 Å². The minimum atomic E-state index is -4.05. The third-order valence-electron chi connectivity index (χ3n) is 2.80. The monoisotopic (exact) mass is 320 g/mol. The number of nitro benzene ring substituents is 1. The van der Waals surface area contributed by atoms with Gasteiger partial charge in [0.15, 0.2) is 0 Å². The van der Waals surface area contributed by atoms with Gasteiger partial charge in [0.25, 0.3) is 16.6 Å². The van der Waals surface area contributed by atoms with Gasteiger partial charge in [-0.2, -0.15) is 0 Å². The molecule has 0 saturated carbocycles. The molecule has 0 saturated heterocycles. The van der Waals surface area contributed by atoms with E-state index in [4.69, 9.17) is 0 Å². The predicted molar refractivity (Wildman–Crippen MR) is 80.5 cm³/mol. The van der Waals surface area contributed by atoms with E-state index in [1.54, 1.807) is 0 Å². The molecule has 0 atom stereocenters. The number of hydrogen-bond donors (Lipinski definition) is 3. The summed E-state index contributed by atoms with van der Waals surface area (Å²) in [5.74, 6) is -0.126. The summed E-state index contributed by atoms with van der Waals surface area (Å²) in [6, 6.07) is 2.81. The van der Waals surface area contributed by atoms with E-state index in [-0.39, 0.29) is 17.5 Å². The van der Waals surface area contributed by atoms with Gasteiger partial charge in [-0.25, -0.2) is 0 Å². The number of nitrogens with zero attached hydrogens (tertiary/aromatic N) is 1. The summed E-state index contributed by atoms with van der Waals surface area (Å²) in [4.78, 5) is 38.9. The fourth-order valence-electron chi connectivity index (χ4n) is 2.18. The van der Waals surface area contributed by atoms with Gasteiger partial charge in [-0.15, -0.1) is 0 Å². The predicted octanol–water partition coefficient (Wildman–Crippen LogP) is 2.94. The number of hydrogen-bond acceptors (Lipinski definition) is 2. The summed E-state index contributed by atoms with van der Waals surface area (Å²) in [6.07, 6.45) is 0. The summed E-state index contributed by atoms with van der Waals surface area (Å²) >= 11 is 0. The number of rotatable bonds is 4. The van der Waals surface area contributed by atoms with Crippen molar-refractivity contribution in [3.63, 3.8) is 0 Å². The van der Waals surface area contributed by atoms with E-state index < -0.39 is 11.6 Å². The van der Waals surface area contributed by atoms with Crippen LogP contribution in [0.3, 0.4) is 0 Å². The van der Waals surface area contributed by atoms with Crippen LogP contribution in [0.2, 0.25) is 0 Å². The van der Waals surface area contributed by atoms with Crippen molar-refractivity contribution in [1.82, 2.24) is 0 Å². The van der Waals surface area contributed by atoms with Crippen molar-refractivity contribution in [3.8, 4) is 0 Å². The Balaban J connectivity index is 3.75. The summed E-state index contributed by atoms with van der Waals surface area (Å²) in [5.41, 5.74) is 1.27. The number of nitro groups is 1. The molecule has 3 N–H and O–H groups in total. The Morgan fingerprint density at radius 3 is 1.95 bits per heavy atom. The van der Waals surface area contributed by atoms with Crippen LogP contribution in [-0.4, -0.2) is 19.6 Å². The second-order valence-corrected chi connectivity index (χ2v) is 8.75. The van der Waals surface area contributed by atoms with Gasteiger partial charge >= 0.3 is 6.72 Å². The van der Waals surface area contributed by atoms with Crippen molar-refractivity contribution in [2.24, 2.45) is 0 Å². The second-order valence-electron chi connectivity index (χ2n) is 5.08. The zero-order chi connectivity index (χ0) is 15.7. The molecule has 0 heterocycles. The van der Waals surface area contributed by atoms with Crippen molar-refractivity contribution in [3.05, 3.63) is 33.4 Å². The Morgan fingerprint density at radius 1 is 1.10 bits per heavy atom. The third-order valence-corrected chi connectivity index (χ3v) is 4.92. The van der Waals surface area contributed by atoms with Crippen LogP contribution >= 0.6 is 6.72 Å². The molecule has 1 aromatic carbocycles. The molecule has 0 amide bonds. The molecule has 0 fully saturated rings. The molecule has 0 unspecified atom stereocenters. The Hall–Kier alpha value is -0.850. The molecule has 1 aromatic rings. The number of benzene rings is 1. The van der Waals surface area contributed by atoms with Crippen LogP contribution in [0.5, 0.6) is 0 Å². The quantitative estimate of drug-likeness (QED) is 0.342. The third kappa shape index (κ3) is 4.07. The van der Waals surface area contributed by atoms with Gasteiger partial charge in [-0.05, 0) is 11.8 Å². The van der Waals surface area contributed by atoms with Gasteiger partial charge in [0.2, 0.25) is 4.90 Å². The van der Waals surface area contributed by atoms with Crippen LogP contribution in [0.4, 0.5) is 5.69 Å². The SMILES string of the molecule is CC(C)c1c([S+]=P(O)(O)O)ccc([N+](=O)[O-])c1C(C)C. The van der Waals surface area contributed by atoms with Crippen molar-refractivity contribution < 1.29 is 19.6 Å². The molecule has 0 aromatic heterocycles. The Bertz CT molecular complexity index is 571. The van der Waals surface area contributed by atoms with E-state index in [0.717, 1.165) is 0 Å². The van der Waals surface area contributed by atoms with Crippen molar-refractivity contribution >= 4 is 23.3 Å². The maximum Gasteiger partial charge on any atom is 0.521 e. The topological polar surface area (TPSA) is 104 Å². The lowest BCUT2D eigenvalue weighted by Gasteiger charge is -2.15. The van der Waals surface area contributed by atoms with E-state index >= 15 is 0 Å². The summed E-state index contributed by atoms with van der Waals surface area (Å²) < 4.78 is 0. The summed E-state index contributed by atoms with van der Waals surface area (Å²) in [5, 5.41) is 11.2. The van der Waals surface area contributed by atoms with Gasteiger partial charge in [-0.1, -0.05) is 27.7 Å². The van der Waals surface area contributed by atoms with E-state index in [0.29, 0.717) is 27.0 Å². The summed E-state index contributed by atoms with van der Waals surface area (Å²) in [7, 11) is 0.563. The standard InChI is InChI=1S/C12H19NO5PS/c1-7(2)11-9(13(14)15)5-6-10(12(11)8(3)4)20-19(16,17)18/h5-8,16-18H,1-4H3/q+1. The molecule has 8 heteroatoms. The minimum Gasteiger partial charge on any atom is -0.289 e. The van der Waals surface area contributed by atoms with Crippen molar-refractivity contribution in [1.29, 1.82) is 0 Å². The first-order chi connectivity index (χ1) is 9.04. The largest absolute Gasteiger partial charge is 0.521 e. The Morgan fingerprint density at radius 2 is 1.60 bits per heavy atom. The average molecular weight is 320 g/mol. The molecule has 6 nitrogen and oxygen atoms in total. The molecule has 0 aliphatic heterocycles. The molecule has 0 aliphatic rings. The lowest BCUT2D eigenvalue weighted by Crippen LogP contribution is -2.06.